The summed E-state index contributed by atoms with van der Waals surface area (Å²) < 4.78 is 27.8. The Labute approximate surface area is 466 Å². The Hall–Kier alpha value is -10.4. The van der Waals surface area contributed by atoms with Gasteiger partial charge in [-0.3, -0.25) is 4.79 Å². The summed E-state index contributed by atoms with van der Waals surface area (Å²) in [6.07, 6.45) is -1.94. The molecule has 0 amide bonds. The Kier molecular flexibility index (Phi) is 10.6. The monoisotopic (exact) mass is 1090 g/mol. The summed E-state index contributed by atoms with van der Waals surface area (Å²) in [4.78, 5) is 14.0. The molecule has 0 radical (unpaired) electrons. The first-order valence-corrected chi connectivity index (χ1v) is 26.8. The van der Waals surface area contributed by atoms with Crippen LogP contribution in [0, 0.1) is 0 Å². The van der Waals surface area contributed by atoms with Gasteiger partial charge < -0.3 is 69.7 Å². The molecule has 10 N–H and O–H groups in total. The zero-order valence-electron chi connectivity index (χ0n) is 43.0. The maximum atomic E-state index is 14.0. The lowest BCUT2D eigenvalue weighted by atomic mass is 9.68. The van der Waals surface area contributed by atoms with Crippen molar-refractivity contribution in [3.8, 4) is 74.9 Å². The number of fused-ring (bicyclic) bond motifs is 8. The second-order valence-corrected chi connectivity index (χ2v) is 22.0. The molecule has 2 aliphatic carbocycles. The van der Waals surface area contributed by atoms with Gasteiger partial charge in [-0.1, -0.05) is 60.7 Å². The minimum Gasteiger partial charge on any atom is -0.508 e. The molecule has 15 heteroatoms. The van der Waals surface area contributed by atoms with Gasteiger partial charge in [0.1, 0.15) is 86.8 Å². The number of carbonyl (C=O) groups is 1. The number of hydrogen-bond acceptors (Lipinski definition) is 15. The van der Waals surface area contributed by atoms with Crippen molar-refractivity contribution in [2.75, 3.05) is 0 Å². The van der Waals surface area contributed by atoms with Crippen LogP contribution in [-0.4, -0.2) is 57.0 Å². The summed E-state index contributed by atoms with van der Waals surface area (Å²) in [7, 11) is 0. The van der Waals surface area contributed by atoms with E-state index in [0.29, 0.717) is 89.0 Å². The second-order valence-electron chi connectivity index (χ2n) is 22.0. The fourth-order valence-corrected chi connectivity index (χ4v) is 14.5. The number of ether oxygens (including phenoxy) is 3. The number of aromatic hydroxyl groups is 10. The Morgan fingerprint density at radius 3 is 1.45 bits per heavy atom. The van der Waals surface area contributed by atoms with E-state index in [-0.39, 0.29) is 81.2 Å². The molecule has 5 aliphatic rings. The molecular formula is C67H48O15. The van der Waals surface area contributed by atoms with Crippen LogP contribution in [0.4, 0.5) is 0 Å². The number of rotatable bonds is 7. The molecule has 1 unspecified atom stereocenters. The van der Waals surface area contributed by atoms with Crippen LogP contribution in [0.15, 0.2) is 168 Å². The van der Waals surface area contributed by atoms with Gasteiger partial charge in [-0.25, -0.2) is 0 Å². The fourth-order valence-electron chi connectivity index (χ4n) is 14.5. The zero-order valence-corrected chi connectivity index (χ0v) is 43.0. The molecule has 3 aliphatic heterocycles. The first-order valence-electron chi connectivity index (χ1n) is 26.8. The van der Waals surface area contributed by atoms with Gasteiger partial charge in [0.05, 0.1) is 29.2 Å². The van der Waals surface area contributed by atoms with Crippen molar-refractivity contribution < 1.29 is 74.5 Å². The number of phenols is 10. The fraction of sp³-hybridized carbons (Fsp3) is 0.149. The number of furan rings is 1. The molecule has 9 atom stereocenters. The molecule has 406 valence electrons. The molecule has 9 aromatic carbocycles. The molecule has 0 fully saturated rings. The van der Waals surface area contributed by atoms with Crippen molar-refractivity contribution >= 4 is 16.9 Å². The summed E-state index contributed by atoms with van der Waals surface area (Å²) in [5.41, 5.74) is 8.36. The first kappa shape index (κ1) is 48.7. The molecule has 4 heterocycles. The average Bonchev–Trinajstić information content (AvgIpc) is 1.89. The standard InChI is InChI=1S/C67H48O15/c68-35-11-1-29(2-12-35)44-28-49(78)80-67-57(44)62-65-61-56(64(81-65)33-9-19-39(72)20-10-33)45-24-42(75)26-47(77)53(45)50(30-3-13-36(69)14-4-30)58-51(31-5-15-37(70)16-6-31)55(60(59(58)61)66(62)82-67)46-25-43(76)27-48-54(46)52(34-21-40(73)23-41(74)22-34)63(79-48)32-7-17-38(71)18-8-32/h1-27,44,50-52,55-56,58,63-64,68-77H,28H2/t44?,50-,51-,52-,55-,56-,58+,63+,64+/m0/s1. The van der Waals surface area contributed by atoms with E-state index in [1.165, 1.54) is 42.5 Å². The van der Waals surface area contributed by atoms with E-state index in [4.69, 9.17) is 18.6 Å². The van der Waals surface area contributed by atoms with Gasteiger partial charge in [0.2, 0.25) is 0 Å². The number of phenolic OH excluding ortho intramolecular Hbond substituents is 10. The highest BCUT2D eigenvalue weighted by molar-refractivity contribution is 6.00. The molecule has 82 heavy (non-hydrogen) atoms. The summed E-state index contributed by atoms with van der Waals surface area (Å²) >= 11 is 0. The van der Waals surface area contributed by atoms with Gasteiger partial charge in [0, 0.05) is 70.0 Å². The van der Waals surface area contributed by atoms with Gasteiger partial charge >= 0.3 is 5.97 Å². The zero-order chi connectivity index (χ0) is 56.1. The summed E-state index contributed by atoms with van der Waals surface area (Å²) in [5.74, 6) is -6.92. The summed E-state index contributed by atoms with van der Waals surface area (Å²) in [6.45, 7) is 0. The van der Waals surface area contributed by atoms with Crippen molar-refractivity contribution in [1.82, 2.24) is 0 Å². The average molecular weight is 1090 g/mol. The maximum Gasteiger partial charge on any atom is 0.314 e. The third-order valence-electron chi connectivity index (χ3n) is 17.5. The van der Waals surface area contributed by atoms with Crippen molar-refractivity contribution in [2.24, 2.45) is 0 Å². The molecule has 15 nitrogen and oxygen atoms in total. The van der Waals surface area contributed by atoms with E-state index in [0.717, 1.165) is 0 Å². The highest BCUT2D eigenvalue weighted by Crippen LogP contribution is 2.73. The normalized spacial score (nSPS) is 22.5. The highest BCUT2D eigenvalue weighted by atomic mass is 16.6. The number of hydrogen-bond donors (Lipinski definition) is 10. The van der Waals surface area contributed by atoms with E-state index >= 15 is 0 Å². The Bertz CT molecular complexity index is 4260. The first-order chi connectivity index (χ1) is 39.6. The predicted molar refractivity (Wildman–Crippen MR) is 296 cm³/mol. The molecule has 0 saturated heterocycles. The third-order valence-corrected chi connectivity index (χ3v) is 17.5. The number of carbonyl (C=O) groups excluding carboxylic acids is 1. The van der Waals surface area contributed by atoms with E-state index in [9.17, 15) is 55.9 Å². The van der Waals surface area contributed by atoms with Gasteiger partial charge in [0.25, 0.3) is 5.95 Å². The summed E-state index contributed by atoms with van der Waals surface area (Å²) in [6, 6.07) is 43.6. The Balaban J connectivity index is 1.13. The lowest BCUT2D eigenvalue weighted by molar-refractivity contribution is -0.136. The van der Waals surface area contributed by atoms with Gasteiger partial charge in [-0.15, -0.1) is 0 Å². The minimum atomic E-state index is -0.932. The lowest BCUT2D eigenvalue weighted by Crippen LogP contribution is -2.21. The van der Waals surface area contributed by atoms with Crippen molar-refractivity contribution in [3.63, 3.8) is 0 Å². The molecule has 0 saturated carbocycles. The minimum absolute atomic E-state index is 0.00288. The Morgan fingerprint density at radius 2 is 0.866 bits per heavy atom. The van der Waals surface area contributed by atoms with E-state index in [1.807, 2.05) is 12.1 Å². The van der Waals surface area contributed by atoms with Crippen LogP contribution in [-0.2, 0) is 4.79 Å². The topological polar surface area (TPSA) is 260 Å². The molecular weight excluding hydrogens is 1040 g/mol. The smallest absolute Gasteiger partial charge is 0.314 e. The van der Waals surface area contributed by atoms with Crippen molar-refractivity contribution in [2.45, 2.75) is 60.1 Å². The van der Waals surface area contributed by atoms with E-state index < -0.39 is 59.6 Å². The van der Waals surface area contributed by atoms with Crippen LogP contribution in [0.1, 0.15) is 138 Å². The second kappa shape index (κ2) is 17.8. The third kappa shape index (κ3) is 7.31. The maximum absolute atomic E-state index is 14.0. The quantitative estimate of drug-likeness (QED) is 0.0666. The number of esters is 1. The van der Waals surface area contributed by atoms with Crippen molar-refractivity contribution in [3.05, 3.63) is 242 Å². The summed E-state index contributed by atoms with van der Waals surface area (Å²) in [5, 5.41) is 114. The van der Waals surface area contributed by atoms with E-state index in [2.05, 4.69) is 0 Å². The molecule has 0 bridgehead atoms. The largest absolute Gasteiger partial charge is 0.508 e. The Morgan fingerprint density at radius 1 is 0.366 bits per heavy atom. The van der Waals surface area contributed by atoms with Crippen LogP contribution < -0.4 is 14.2 Å². The molecule has 0 spiro atoms. The van der Waals surface area contributed by atoms with E-state index in [1.54, 1.807) is 109 Å². The van der Waals surface area contributed by atoms with Gasteiger partial charge in [-0.05, 0) is 135 Å². The highest BCUT2D eigenvalue weighted by Gasteiger charge is 2.59. The van der Waals surface area contributed by atoms with Gasteiger partial charge in [0.15, 0.2) is 0 Å². The van der Waals surface area contributed by atoms with Crippen LogP contribution in [0.5, 0.6) is 74.9 Å². The van der Waals surface area contributed by atoms with Crippen LogP contribution in [0.3, 0.4) is 0 Å². The molecule has 10 aromatic rings. The predicted octanol–water partition coefficient (Wildman–Crippen LogP) is 12.6. The van der Waals surface area contributed by atoms with Crippen LogP contribution >= 0.6 is 0 Å². The SMILES string of the molecule is O=C1CC(c2ccc(O)cc2)c2c(oc3c4c5c6c(c23)O[C@H](c2ccc(O)cc2)[C@H]6c2cc(O)cc(O)c2[C@H](c2ccc(O)cc2)[C@@H]5[C@@H](c2ccc(O)cc2)[C@@H]4c2cc(O)cc3c2[C@H](c2cc(O)cc(O)c2)[C@@H](c2ccc(O)cc2)O3)O1. The lowest BCUT2D eigenvalue weighted by Gasteiger charge is -2.35. The molecule has 15 rings (SSSR count). The van der Waals surface area contributed by atoms with Crippen LogP contribution in [0.25, 0.3) is 11.0 Å². The number of benzene rings is 9. The van der Waals surface area contributed by atoms with Crippen molar-refractivity contribution in [1.29, 1.82) is 0 Å². The van der Waals surface area contributed by atoms with Crippen LogP contribution in [0.2, 0.25) is 0 Å². The van der Waals surface area contributed by atoms with Gasteiger partial charge in [-0.2, -0.15) is 0 Å². The molecule has 1 aromatic heterocycles.